The van der Waals surface area contributed by atoms with Crippen molar-refractivity contribution in [3.8, 4) is 11.4 Å². The number of hydrogen-bond acceptors (Lipinski definition) is 7. The van der Waals surface area contributed by atoms with Crippen LogP contribution in [0.4, 0.5) is 21.7 Å². The molecular weight excluding hydrogens is 461 g/mol. The number of para-hydroxylation sites is 1. The van der Waals surface area contributed by atoms with E-state index in [2.05, 4.69) is 25.9 Å². The molecule has 188 valence electrons. The van der Waals surface area contributed by atoms with Gasteiger partial charge >= 0.3 is 0 Å². The Kier molecular flexibility index (Phi) is 8.40. The van der Waals surface area contributed by atoms with Crippen molar-refractivity contribution in [3.05, 3.63) is 66.5 Å². The molecule has 3 N–H and O–H groups in total. The Morgan fingerprint density at radius 2 is 1.61 bits per heavy atom. The second kappa shape index (κ2) is 12.1. The zero-order chi connectivity index (χ0) is 25.3. The molecule has 0 spiro atoms. The van der Waals surface area contributed by atoms with Crippen molar-refractivity contribution < 1.29 is 14.0 Å². The van der Waals surface area contributed by atoms with Crippen LogP contribution in [0.3, 0.4) is 0 Å². The van der Waals surface area contributed by atoms with Gasteiger partial charge in [-0.2, -0.15) is 0 Å². The molecule has 10 heteroatoms. The van der Waals surface area contributed by atoms with Crippen LogP contribution in [0.5, 0.6) is 0 Å². The zero-order valence-electron chi connectivity index (χ0n) is 20.2. The lowest BCUT2D eigenvalue weighted by molar-refractivity contribution is -0.119. The Hall–Kier alpha value is -4.05. The lowest BCUT2D eigenvalue weighted by atomic mass is 10.2. The van der Waals surface area contributed by atoms with Crippen LogP contribution in [0.15, 0.2) is 60.7 Å². The Morgan fingerprint density at radius 3 is 2.33 bits per heavy atom. The molecule has 1 fully saturated rings. The van der Waals surface area contributed by atoms with Crippen LogP contribution < -0.4 is 20.9 Å². The summed E-state index contributed by atoms with van der Waals surface area (Å²) in [7, 11) is 0. The molecule has 2 aromatic carbocycles. The van der Waals surface area contributed by atoms with E-state index in [1.807, 2.05) is 46.2 Å². The van der Waals surface area contributed by atoms with Gasteiger partial charge in [0.1, 0.15) is 17.5 Å². The van der Waals surface area contributed by atoms with Crippen molar-refractivity contribution in [2.24, 2.45) is 0 Å². The highest BCUT2D eigenvalue weighted by atomic mass is 19.1. The first-order valence-electron chi connectivity index (χ1n) is 11.9. The SMILES string of the molecule is CC(=O)NCCNc1cc(NC(=O)CN2CCN(c3ccccc3F)CC2)nc(-c2ccccc2)n1. The number of hydrogen-bond donors (Lipinski definition) is 3. The van der Waals surface area contributed by atoms with E-state index in [0.29, 0.717) is 62.4 Å². The summed E-state index contributed by atoms with van der Waals surface area (Å²) < 4.78 is 14.1. The fraction of sp³-hybridized carbons (Fsp3) is 0.308. The van der Waals surface area contributed by atoms with Gasteiger partial charge in [0.05, 0.1) is 12.2 Å². The van der Waals surface area contributed by atoms with Gasteiger partial charge in [0.2, 0.25) is 11.8 Å². The molecule has 0 aliphatic carbocycles. The second-order valence-corrected chi connectivity index (χ2v) is 8.50. The van der Waals surface area contributed by atoms with Gasteiger partial charge in [0, 0.05) is 57.8 Å². The van der Waals surface area contributed by atoms with E-state index in [9.17, 15) is 14.0 Å². The summed E-state index contributed by atoms with van der Waals surface area (Å²) in [6.45, 7) is 5.18. The maximum absolute atomic E-state index is 14.1. The molecule has 3 aromatic rings. The van der Waals surface area contributed by atoms with Gasteiger partial charge in [0.15, 0.2) is 5.82 Å². The van der Waals surface area contributed by atoms with Gasteiger partial charge in [-0.1, -0.05) is 42.5 Å². The van der Waals surface area contributed by atoms with Crippen LogP contribution in [0.1, 0.15) is 6.92 Å². The Morgan fingerprint density at radius 1 is 0.917 bits per heavy atom. The van der Waals surface area contributed by atoms with E-state index in [1.54, 1.807) is 18.2 Å². The first kappa shape index (κ1) is 25.1. The molecule has 4 rings (SSSR count). The summed E-state index contributed by atoms with van der Waals surface area (Å²) in [6.07, 6.45) is 0. The predicted molar refractivity (Wildman–Crippen MR) is 138 cm³/mol. The van der Waals surface area contributed by atoms with Gasteiger partial charge in [-0.15, -0.1) is 0 Å². The Labute approximate surface area is 209 Å². The fourth-order valence-electron chi connectivity index (χ4n) is 3.99. The summed E-state index contributed by atoms with van der Waals surface area (Å²) >= 11 is 0. The van der Waals surface area contributed by atoms with Crippen LogP contribution in [0.2, 0.25) is 0 Å². The van der Waals surface area contributed by atoms with Crippen LogP contribution in [-0.2, 0) is 9.59 Å². The van der Waals surface area contributed by atoms with E-state index in [-0.39, 0.29) is 24.2 Å². The van der Waals surface area contributed by atoms with E-state index < -0.39 is 0 Å². The number of benzene rings is 2. The van der Waals surface area contributed by atoms with Crippen molar-refractivity contribution in [1.29, 1.82) is 0 Å². The molecule has 36 heavy (non-hydrogen) atoms. The van der Waals surface area contributed by atoms with Gasteiger partial charge in [-0.3, -0.25) is 14.5 Å². The third kappa shape index (κ3) is 6.98. The van der Waals surface area contributed by atoms with Crippen LogP contribution in [-0.4, -0.2) is 72.5 Å². The third-order valence-electron chi connectivity index (χ3n) is 5.76. The first-order chi connectivity index (χ1) is 17.5. The fourth-order valence-corrected chi connectivity index (χ4v) is 3.99. The molecule has 0 saturated carbocycles. The molecule has 0 radical (unpaired) electrons. The number of nitrogens with zero attached hydrogens (tertiary/aromatic N) is 4. The van der Waals surface area contributed by atoms with E-state index >= 15 is 0 Å². The maximum Gasteiger partial charge on any atom is 0.239 e. The lowest BCUT2D eigenvalue weighted by Crippen LogP contribution is -2.49. The smallest absolute Gasteiger partial charge is 0.239 e. The van der Waals surface area contributed by atoms with Crippen molar-refractivity contribution in [2.75, 3.05) is 61.3 Å². The minimum absolute atomic E-state index is 0.104. The highest BCUT2D eigenvalue weighted by Gasteiger charge is 2.21. The quantitative estimate of drug-likeness (QED) is 0.396. The number of carbonyl (C=O) groups excluding carboxylic acids is 2. The number of nitrogens with one attached hydrogen (secondary N) is 3. The average Bonchev–Trinajstić information content (AvgIpc) is 2.88. The van der Waals surface area contributed by atoms with E-state index in [4.69, 9.17) is 0 Å². The maximum atomic E-state index is 14.1. The topological polar surface area (TPSA) is 102 Å². The van der Waals surface area contributed by atoms with E-state index in [1.165, 1.54) is 13.0 Å². The van der Waals surface area contributed by atoms with Gasteiger partial charge in [-0.25, -0.2) is 14.4 Å². The minimum Gasteiger partial charge on any atom is -0.368 e. The number of rotatable bonds is 9. The van der Waals surface area contributed by atoms with Gasteiger partial charge in [-0.05, 0) is 12.1 Å². The first-order valence-corrected chi connectivity index (χ1v) is 11.9. The van der Waals surface area contributed by atoms with Gasteiger partial charge in [0.25, 0.3) is 0 Å². The van der Waals surface area contributed by atoms with Crippen molar-refractivity contribution in [3.63, 3.8) is 0 Å². The number of anilines is 3. The largest absolute Gasteiger partial charge is 0.368 e. The predicted octanol–water partition coefficient (Wildman–Crippen LogP) is 2.59. The summed E-state index contributed by atoms with van der Waals surface area (Å²) in [4.78, 5) is 37.1. The Bertz CT molecular complexity index is 1180. The normalized spacial score (nSPS) is 13.8. The highest BCUT2D eigenvalue weighted by Crippen LogP contribution is 2.21. The van der Waals surface area contributed by atoms with Crippen LogP contribution in [0.25, 0.3) is 11.4 Å². The summed E-state index contributed by atoms with van der Waals surface area (Å²) in [6, 6.07) is 17.9. The third-order valence-corrected chi connectivity index (χ3v) is 5.76. The lowest BCUT2D eigenvalue weighted by Gasteiger charge is -2.35. The number of aromatic nitrogens is 2. The monoisotopic (exact) mass is 491 g/mol. The van der Waals surface area contributed by atoms with Crippen molar-refractivity contribution in [1.82, 2.24) is 20.2 Å². The molecule has 1 saturated heterocycles. The number of halogens is 1. The summed E-state index contributed by atoms with van der Waals surface area (Å²) in [5.41, 5.74) is 1.41. The highest BCUT2D eigenvalue weighted by molar-refractivity contribution is 5.92. The molecule has 1 aromatic heterocycles. The summed E-state index contributed by atoms with van der Waals surface area (Å²) in [5.74, 6) is 0.893. The van der Waals surface area contributed by atoms with Gasteiger partial charge < -0.3 is 20.9 Å². The molecule has 1 aliphatic rings. The molecular formula is C26H30FN7O2. The molecule has 0 atom stereocenters. The molecule has 9 nitrogen and oxygen atoms in total. The van der Waals surface area contributed by atoms with Crippen molar-refractivity contribution >= 4 is 29.1 Å². The molecule has 0 bridgehead atoms. The van der Waals surface area contributed by atoms with Crippen LogP contribution in [0, 0.1) is 5.82 Å². The van der Waals surface area contributed by atoms with Crippen molar-refractivity contribution in [2.45, 2.75) is 6.92 Å². The summed E-state index contributed by atoms with van der Waals surface area (Å²) in [5, 5.41) is 8.78. The van der Waals surface area contributed by atoms with Crippen LogP contribution >= 0.6 is 0 Å². The molecule has 2 heterocycles. The van der Waals surface area contributed by atoms with E-state index in [0.717, 1.165) is 5.56 Å². The minimum atomic E-state index is -0.233. The zero-order valence-corrected chi connectivity index (χ0v) is 20.2. The number of amides is 2. The molecule has 0 unspecified atom stereocenters. The average molecular weight is 492 g/mol. The molecule has 1 aliphatic heterocycles. The number of carbonyl (C=O) groups is 2. The molecule has 2 amide bonds. The Balaban J connectivity index is 1.37. The standard InChI is InChI=1S/C26H30FN7O2/c1-19(35)28-11-12-29-23-17-24(32-26(31-23)20-7-3-2-4-8-20)30-25(36)18-33-13-15-34(16-14-33)22-10-6-5-9-21(22)27/h2-10,17H,11-16,18H2,1H3,(H,28,35)(H2,29,30,31,32,36). The second-order valence-electron chi connectivity index (χ2n) is 8.50. The number of piperazine rings is 1.